The minimum absolute atomic E-state index is 0.351. The first-order valence-electron chi connectivity index (χ1n) is 7.92. The SMILES string of the molecule is CC(NC1CCCCCC1)c1cccc(-n2cnnn2)c1. The van der Waals surface area contributed by atoms with E-state index >= 15 is 0 Å². The summed E-state index contributed by atoms with van der Waals surface area (Å²) in [6, 6.07) is 9.42. The van der Waals surface area contributed by atoms with Crippen LogP contribution in [0.5, 0.6) is 0 Å². The van der Waals surface area contributed by atoms with Crippen molar-refractivity contribution < 1.29 is 0 Å². The van der Waals surface area contributed by atoms with Crippen LogP contribution >= 0.6 is 0 Å². The summed E-state index contributed by atoms with van der Waals surface area (Å²) in [5.41, 5.74) is 2.29. The van der Waals surface area contributed by atoms with E-state index in [2.05, 4.69) is 46.0 Å². The van der Waals surface area contributed by atoms with Gasteiger partial charge in [-0.25, -0.2) is 4.68 Å². The molecule has 1 fully saturated rings. The molecule has 0 spiro atoms. The van der Waals surface area contributed by atoms with Crippen molar-refractivity contribution in [3.05, 3.63) is 36.2 Å². The second-order valence-electron chi connectivity index (χ2n) is 5.93. The third kappa shape index (κ3) is 3.67. The molecule has 21 heavy (non-hydrogen) atoms. The third-order valence-electron chi connectivity index (χ3n) is 4.32. The maximum Gasteiger partial charge on any atom is 0.143 e. The molecule has 0 aliphatic heterocycles. The fourth-order valence-corrected chi connectivity index (χ4v) is 3.11. The summed E-state index contributed by atoms with van der Waals surface area (Å²) in [4.78, 5) is 0. The highest BCUT2D eigenvalue weighted by Gasteiger charge is 2.15. The lowest BCUT2D eigenvalue weighted by Gasteiger charge is -2.22. The molecule has 1 heterocycles. The Morgan fingerprint density at radius 1 is 1.19 bits per heavy atom. The van der Waals surface area contributed by atoms with E-state index in [0.29, 0.717) is 12.1 Å². The van der Waals surface area contributed by atoms with E-state index in [1.54, 1.807) is 11.0 Å². The molecule has 1 unspecified atom stereocenters. The molecule has 5 nitrogen and oxygen atoms in total. The normalized spacial score (nSPS) is 18.3. The zero-order valence-electron chi connectivity index (χ0n) is 12.6. The number of rotatable bonds is 4. The Balaban J connectivity index is 1.69. The smallest absolute Gasteiger partial charge is 0.143 e. The Morgan fingerprint density at radius 2 is 2.00 bits per heavy atom. The van der Waals surface area contributed by atoms with Gasteiger partial charge in [-0.05, 0) is 47.9 Å². The van der Waals surface area contributed by atoms with E-state index in [0.717, 1.165) is 5.69 Å². The van der Waals surface area contributed by atoms with Crippen molar-refractivity contribution in [3.63, 3.8) is 0 Å². The second kappa shape index (κ2) is 6.80. The van der Waals surface area contributed by atoms with Crippen molar-refractivity contribution in [1.29, 1.82) is 0 Å². The number of hydrogen-bond acceptors (Lipinski definition) is 4. The molecule has 1 N–H and O–H groups in total. The Hall–Kier alpha value is -1.75. The van der Waals surface area contributed by atoms with Gasteiger partial charge in [-0.2, -0.15) is 0 Å². The van der Waals surface area contributed by atoms with Crippen LogP contribution < -0.4 is 5.32 Å². The van der Waals surface area contributed by atoms with E-state index in [9.17, 15) is 0 Å². The van der Waals surface area contributed by atoms with Crippen LogP contribution in [0.2, 0.25) is 0 Å². The second-order valence-corrected chi connectivity index (χ2v) is 5.93. The van der Waals surface area contributed by atoms with Crippen LogP contribution in [0.25, 0.3) is 5.69 Å². The van der Waals surface area contributed by atoms with Gasteiger partial charge in [-0.3, -0.25) is 0 Å². The summed E-state index contributed by atoms with van der Waals surface area (Å²) < 4.78 is 1.70. The number of tetrazole rings is 1. The average molecular weight is 285 g/mol. The molecule has 1 atom stereocenters. The van der Waals surface area contributed by atoms with Crippen LogP contribution in [0.3, 0.4) is 0 Å². The van der Waals surface area contributed by atoms with Crippen LogP contribution in [-0.2, 0) is 0 Å². The Kier molecular flexibility index (Phi) is 4.60. The van der Waals surface area contributed by atoms with Crippen LogP contribution in [0.1, 0.15) is 57.1 Å². The molecule has 112 valence electrons. The van der Waals surface area contributed by atoms with E-state index in [1.165, 1.54) is 44.1 Å². The molecule has 1 aromatic heterocycles. The van der Waals surface area contributed by atoms with Gasteiger partial charge in [0.05, 0.1) is 5.69 Å². The number of nitrogens with one attached hydrogen (secondary N) is 1. The van der Waals surface area contributed by atoms with Gasteiger partial charge in [-0.1, -0.05) is 37.8 Å². The molecule has 5 heteroatoms. The molecular formula is C16H23N5. The molecule has 0 amide bonds. The molecule has 0 bridgehead atoms. The molecule has 1 aliphatic rings. The van der Waals surface area contributed by atoms with Crippen molar-refractivity contribution in [1.82, 2.24) is 25.5 Å². The molecule has 1 aliphatic carbocycles. The van der Waals surface area contributed by atoms with Gasteiger partial charge >= 0.3 is 0 Å². The zero-order valence-corrected chi connectivity index (χ0v) is 12.6. The monoisotopic (exact) mass is 285 g/mol. The molecule has 1 saturated carbocycles. The number of hydrogen-bond donors (Lipinski definition) is 1. The largest absolute Gasteiger partial charge is 0.307 e. The van der Waals surface area contributed by atoms with Gasteiger partial charge in [0.15, 0.2) is 0 Å². The van der Waals surface area contributed by atoms with Gasteiger partial charge in [0.1, 0.15) is 6.33 Å². The van der Waals surface area contributed by atoms with Crippen molar-refractivity contribution in [2.45, 2.75) is 57.5 Å². The third-order valence-corrected chi connectivity index (χ3v) is 4.32. The quantitative estimate of drug-likeness (QED) is 0.877. The number of nitrogens with zero attached hydrogens (tertiary/aromatic N) is 4. The van der Waals surface area contributed by atoms with Gasteiger partial charge < -0.3 is 5.32 Å². The summed E-state index contributed by atoms with van der Waals surface area (Å²) in [6.07, 6.45) is 9.73. The molecule has 3 rings (SSSR count). The Bertz CT molecular complexity index is 544. The molecule has 0 radical (unpaired) electrons. The fourth-order valence-electron chi connectivity index (χ4n) is 3.11. The van der Waals surface area contributed by atoms with Crippen LogP contribution in [-0.4, -0.2) is 26.2 Å². The van der Waals surface area contributed by atoms with Gasteiger partial charge in [0.25, 0.3) is 0 Å². The van der Waals surface area contributed by atoms with E-state index < -0.39 is 0 Å². The topological polar surface area (TPSA) is 55.6 Å². The predicted octanol–water partition coefficient (Wildman–Crippen LogP) is 3.04. The van der Waals surface area contributed by atoms with Crippen molar-refractivity contribution in [3.8, 4) is 5.69 Å². The van der Waals surface area contributed by atoms with Crippen molar-refractivity contribution in [2.24, 2.45) is 0 Å². The molecule has 0 saturated heterocycles. The maximum atomic E-state index is 3.95. The lowest BCUT2D eigenvalue weighted by atomic mass is 10.0. The lowest BCUT2D eigenvalue weighted by Crippen LogP contribution is -2.31. The predicted molar refractivity (Wildman–Crippen MR) is 82.2 cm³/mol. The lowest BCUT2D eigenvalue weighted by molar-refractivity contribution is 0.414. The fraction of sp³-hybridized carbons (Fsp3) is 0.562. The Morgan fingerprint density at radius 3 is 2.71 bits per heavy atom. The number of benzene rings is 1. The van der Waals surface area contributed by atoms with Crippen molar-refractivity contribution in [2.75, 3.05) is 0 Å². The van der Waals surface area contributed by atoms with Crippen LogP contribution in [0.4, 0.5) is 0 Å². The van der Waals surface area contributed by atoms with E-state index in [4.69, 9.17) is 0 Å². The highest BCUT2D eigenvalue weighted by Crippen LogP contribution is 2.22. The summed E-state index contributed by atoms with van der Waals surface area (Å²) in [7, 11) is 0. The average Bonchev–Trinajstić information content (AvgIpc) is 2.93. The highest BCUT2D eigenvalue weighted by atomic mass is 15.5. The summed E-state index contributed by atoms with van der Waals surface area (Å²) in [5, 5.41) is 15.1. The molecule has 2 aromatic rings. The van der Waals surface area contributed by atoms with Crippen LogP contribution in [0, 0.1) is 0 Å². The number of aromatic nitrogens is 4. The first kappa shape index (κ1) is 14.2. The minimum atomic E-state index is 0.351. The van der Waals surface area contributed by atoms with Gasteiger partial charge in [-0.15, -0.1) is 5.10 Å². The molecule has 1 aromatic carbocycles. The molecular weight excluding hydrogens is 262 g/mol. The van der Waals surface area contributed by atoms with Crippen LogP contribution in [0.15, 0.2) is 30.6 Å². The first-order chi connectivity index (χ1) is 10.3. The first-order valence-corrected chi connectivity index (χ1v) is 7.92. The van der Waals surface area contributed by atoms with Gasteiger partial charge in [0, 0.05) is 12.1 Å². The minimum Gasteiger partial charge on any atom is -0.307 e. The van der Waals surface area contributed by atoms with Gasteiger partial charge in [0.2, 0.25) is 0 Å². The summed E-state index contributed by atoms with van der Waals surface area (Å²) in [6.45, 7) is 2.24. The van der Waals surface area contributed by atoms with Crippen molar-refractivity contribution >= 4 is 0 Å². The van der Waals surface area contributed by atoms with E-state index in [-0.39, 0.29) is 0 Å². The summed E-state index contributed by atoms with van der Waals surface area (Å²) >= 11 is 0. The maximum absolute atomic E-state index is 3.95. The standard InChI is InChI=1S/C16H23N5/c1-13(18-15-8-4-2-3-5-9-15)14-7-6-10-16(11-14)21-12-17-19-20-21/h6-7,10-13,15,18H,2-5,8-9H2,1H3. The van der Waals surface area contributed by atoms with E-state index in [1.807, 2.05) is 6.07 Å². The zero-order chi connectivity index (χ0) is 14.5. The Labute approximate surface area is 125 Å². The summed E-state index contributed by atoms with van der Waals surface area (Å²) in [5.74, 6) is 0. The highest BCUT2D eigenvalue weighted by molar-refractivity contribution is 5.35.